The van der Waals surface area contributed by atoms with Crippen LogP contribution in [0.1, 0.15) is 11.1 Å². The Balaban J connectivity index is 1.90. The second-order valence-electron chi connectivity index (χ2n) is 5.25. The molecule has 0 radical (unpaired) electrons. The molecule has 0 saturated heterocycles. The van der Waals surface area contributed by atoms with E-state index in [1.165, 1.54) is 6.07 Å². The Morgan fingerprint density at radius 3 is 2.62 bits per heavy atom. The molecule has 0 N–H and O–H groups in total. The Morgan fingerprint density at radius 1 is 1.14 bits per heavy atom. The van der Waals surface area contributed by atoms with Gasteiger partial charge in [0.1, 0.15) is 5.82 Å². The molecule has 0 saturated carbocycles. The Morgan fingerprint density at radius 2 is 1.90 bits per heavy atom. The van der Waals surface area contributed by atoms with Gasteiger partial charge in [-0.3, -0.25) is 0 Å². The van der Waals surface area contributed by atoms with Crippen molar-refractivity contribution < 1.29 is 4.39 Å². The van der Waals surface area contributed by atoms with E-state index in [9.17, 15) is 4.39 Å². The van der Waals surface area contributed by atoms with Crippen LogP contribution >= 0.6 is 0 Å². The monoisotopic (exact) mass is 281 g/mol. The number of benzene rings is 2. The molecule has 1 aliphatic rings. The van der Waals surface area contributed by atoms with Gasteiger partial charge in [-0.25, -0.2) is 4.39 Å². The first kappa shape index (κ1) is 13.4. The molecule has 106 valence electrons. The highest BCUT2D eigenvalue weighted by molar-refractivity contribution is 5.73. The van der Waals surface area contributed by atoms with E-state index in [1.54, 1.807) is 12.1 Å². The average molecular weight is 281 g/mol. The van der Waals surface area contributed by atoms with E-state index < -0.39 is 0 Å². The summed E-state index contributed by atoms with van der Waals surface area (Å²) in [4.78, 5) is 4.39. The lowest BCUT2D eigenvalue weighted by Crippen LogP contribution is -2.38. The quantitative estimate of drug-likeness (QED) is 0.847. The summed E-state index contributed by atoms with van der Waals surface area (Å²) in [6.45, 7) is 2.28. The third-order valence-corrected chi connectivity index (χ3v) is 3.88. The van der Waals surface area contributed by atoms with Gasteiger partial charge < -0.3 is 9.80 Å². The molecule has 1 aliphatic heterocycles. The van der Waals surface area contributed by atoms with Crippen molar-refractivity contribution in [1.29, 1.82) is 5.26 Å². The van der Waals surface area contributed by atoms with Gasteiger partial charge in [0, 0.05) is 32.2 Å². The number of rotatable bonds is 2. The molecule has 0 aromatic heterocycles. The average Bonchev–Trinajstić information content (AvgIpc) is 2.52. The maximum Gasteiger partial charge on any atom is 0.129 e. The number of anilines is 2. The molecular weight excluding hydrogens is 265 g/mol. The van der Waals surface area contributed by atoms with Crippen LogP contribution in [0.15, 0.2) is 42.5 Å². The van der Waals surface area contributed by atoms with E-state index >= 15 is 0 Å². The van der Waals surface area contributed by atoms with Crippen LogP contribution in [-0.2, 0) is 6.54 Å². The minimum atomic E-state index is -0.314. The van der Waals surface area contributed by atoms with Crippen molar-refractivity contribution in [3.63, 3.8) is 0 Å². The summed E-state index contributed by atoms with van der Waals surface area (Å²) in [7, 11) is 2.07. The number of para-hydroxylation sites is 2. The van der Waals surface area contributed by atoms with Gasteiger partial charge in [0.05, 0.1) is 23.0 Å². The molecule has 0 atom stereocenters. The van der Waals surface area contributed by atoms with Crippen molar-refractivity contribution >= 4 is 11.4 Å². The number of halogens is 1. The summed E-state index contributed by atoms with van der Waals surface area (Å²) in [5, 5.41) is 8.80. The lowest BCUT2D eigenvalue weighted by molar-refractivity contribution is 0.601. The zero-order chi connectivity index (χ0) is 14.8. The minimum Gasteiger partial charge on any atom is -0.371 e. The van der Waals surface area contributed by atoms with E-state index in [2.05, 4.69) is 29.0 Å². The Hall–Kier alpha value is -2.54. The van der Waals surface area contributed by atoms with E-state index in [0.717, 1.165) is 24.5 Å². The Kier molecular flexibility index (Phi) is 3.49. The van der Waals surface area contributed by atoms with Crippen LogP contribution in [0.5, 0.6) is 0 Å². The first-order chi connectivity index (χ1) is 10.2. The number of hydrogen-bond acceptors (Lipinski definition) is 3. The number of fused-ring (bicyclic) bond motifs is 1. The fraction of sp³-hybridized carbons (Fsp3) is 0.235. The largest absolute Gasteiger partial charge is 0.371 e. The first-order valence-electron chi connectivity index (χ1n) is 6.92. The van der Waals surface area contributed by atoms with Gasteiger partial charge in [-0.15, -0.1) is 0 Å². The summed E-state index contributed by atoms with van der Waals surface area (Å²) in [5.41, 5.74) is 3.26. The topological polar surface area (TPSA) is 30.3 Å². The molecular formula is C17H16FN3. The van der Waals surface area contributed by atoms with E-state index in [0.29, 0.717) is 17.7 Å². The van der Waals surface area contributed by atoms with Crippen molar-refractivity contribution in [2.75, 3.05) is 29.9 Å². The number of likely N-dealkylation sites (N-methyl/N-ethyl adjacent to an activating group) is 1. The fourth-order valence-electron chi connectivity index (χ4n) is 2.68. The molecule has 2 aromatic carbocycles. The predicted molar refractivity (Wildman–Crippen MR) is 81.9 cm³/mol. The lowest BCUT2D eigenvalue weighted by atomic mass is 10.1. The van der Waals surface area contributed by atoms with Gasteiger partial charge >= 0.3 is 0 Å². The first-order valence-corrected chi connectivity index (χ1v) is 6.92. The maximum atomic E-state index is 14.1. The fourth-order valence-corrected chi connectivity index (χ4v) is 2.68. The molecule has 0 spiro atoms. The Labute approximate surface area is 123 Å². The molecule has 0 aliphatic carbocycles. The van der Waals surface area contributed by atoms with E-state index in [4.69, 9.17) is 5.26 Å². The van der Waals surface area contributed by atoms with Gasteiger partial charge in [-0.2, -0.15) is 5.26 Å². The van der Waals surface area contributed by atoms with Crippen LogP contribution in [0.3, 0.4) is 0 Å². The smallest absolute Gasteiger partial charge is 0.129 e. The highest BCUT2D eigenvalue weighted by atomic mass is 19.1. The van der Waals surface area contributed by atoms with Crippen molar-refractivity contribution in [2.24, 2.45) is 0 Å². The highest BCUT2D eigenvalue weighted by Crippen LogP contribution is 2.32. The summed E-state index contributed by atoms with van der Waals surface area (Å²) >= 11 is 0. The third-order valence-electron chi connectivity index (χ3n) is 3.88. The molecule has 4 heteroatoms. The second-order valence-corrected chi connectivity index (χ2v) is 5.25. The van der Waals surface area contributed by atoms with Gasteiger partial charge in [0.2, 0.25) is 0 Å². The van der Waals surface area contributed by atoms with E-state index in [-0.39, 0.29) is 5.82 Å². The normalized spacial score (nSPS) is 13.8. The molecule has 21 heavy (non-hydrogen) atoms. The number of hydrogen-bond donors (Lipinski definition) is 0. The molecule has 0 unspecified atom stereocenters. The van der Waals surface area contributed by atoms with Crippen molar-refractivity contribution in [1.82, 2.24) is 0 Å². The van der Waals surface area contributed by atoms with Crippen molar-refractivity contribution in [3.05, 3.63) is 59.4 Å². The third kappa shape index (κ3) is 2.55. The highest BCUT2D eigenvalue weighted by Gasteiger charge is 2.20. The molecule has 1 heterocycles. The van der Waals surface area contributed by atoms with Crippen LogP contribution in [0.4, 0.5) is 15.8 Å². The summed E-state index contributed by atoms with van der Waals surface area (Å²) in [6, 6.07) is 14.8. The molecule has 0 fully saturated rings. The zero-order valence-corrected chi connectivity index (χ0v) is 11.9. The van der Waals surface area contributed by atoms with Gasteiger partial charge in [-0.1, -0.05) is 18.2 Å². The SMILES string of the molecule is CN1CCN(Cc2ccc(C#N)cc2F)c2ccccc21. The van der Waals surface area contributed by atoms with Gasteiger partial charge in [0.15, 0.2) is 0 Å². The van der Waals surface area contributed by atoms with Crippen LogP contribution in [0.25, 0.3) is 0 Å². The molecule has 3 nitrogen and oxygen atoms in total. The summed E-state index contributed by atoms with van der Waals surface area (Å²) in [6.07, 6.45) is 0. The Bertz CT molecular complexity index is 705. The van der Waals surface area contributed by atoms with Crippen LogP contribution in [-0.4, -0.2) is 20.1 Å². The number of nitriles is 1. The van der Waals surface area contributed by atoms with Gasteiger partial charge in [-0.05, 0) is 24.3 Å². The van der Waals surface area contributed by atoms with Crippen LogP contribution < -0.4 is 9.80 Å². The predicted octanol–water partition coefficient (Wildman–Crippen LogP) is 3.15. The standard InChI is InChI=1S/C17H16FN3/c1-20-8-9-21(17-5-3-2-4-16(17)20)12-14-7-6-13(11-19)10-15(14)18/h2-7,10H,8-9,12H2,1H3. The maximum absolute atomic E-state index is 14.1. The van der Waals surface area contributed by atoms with Crippen LogP contribution in [0.2, 0.25) is 0 Å². The van der Waals surface area contributed by atoms with Gasteiger partial charge in [0.25, 0.3) is 0 Å². The van der Waals surface area contributed by atoms with Crippen molar-refractivity contribution in [2.45, 2.75) is 6.54 Å². The number of nitrogens with zero attached hydrogens (tertiary/aromatic N) is 3. The van der Waals surface area contributed by atoms with E-state index in [1.807, 2.05) is 18.2 Å². The summed E-state index contributed by atoms with van der Waals surface area (Å²) < 4.78 is 14.1. The second kappa shape index (κ2) is 5.45. The zero-order valence-electron chi connectivity index (χ0n) is 11.9. The lowest BCUT2D eigenvalue weighted by Gasteiger charge is -2.37. The minimum absolute atomic E-state index is 0.314. The summed E-state index contributed by atoms with van der Waals surface area (Å²) in [5.74, 6) is -0.314. The molecule has 0 amide bonds. The molecule has 0 bridgehead atoms. The molecule has 2 aromatic rings. The van der Waals surface area contributed by atoms with Crippen LogP contribution in [0, 0.1) is 17.1 Å². The van der Waals surface area contributed by atoms with Crippen molar-refractivity contribution in [3.8, 4) is 6.07 Å². The molecule has 3 rings (SSSR count).